The molecule has 3 N–H and O–H groups in total. The number of hydrogen-bond acceptors (Lipinski definition) is 2. The average molecular weight is 269 g/mol. The first-order valence-electron chi connectivity index (χ1n) is 7.09. The molecule has 104 valence electrons. The van der Waals surface area contributed by atoms with Crippen molar-refractivity contribution in [3.05, 3.63) is 42.5 Å². The molecule has 0 aliphatic carbocycles. The summed E-state index contributed by atoms with van der Waals surface area (Å²) in [4.78, 5) is 12.1. The van der Waals surface area contributed by atoms with Crippen LogP contribution < -0.4 is 16.0 Å². The maximum Gasteiger partial charge on any atom is 0.319 e. The van der Waals surface area contributed by atoms with Crippen LogP contribution >= 0.6 is 0 Å². The molecule has 0 atom stereocenters. The highest BCUT2D eigenvalue weighted by Crippen LogP contribution is 2.22. The number of fused-ring (bicyclic) bond motifs is 1. The molecule has 1 saturated heterocycles. The van der Waals surface area contributed by atoms with Crippen LogP contribution in [0, 0.1) is 0 Å². The number of carbonyl (C=O) groups is 1. The Bertz CT molecular complexity index is 600. The number of amides is 2. The Balaban J connectivity index is 1.71. The largest absolute Gasteiger partial charge is 0.335 e. The molecule has 1 aliphatic rings. The summed E-state index contributed by atoms with van der Waals surface area (Å²) in [5.74, 6) is 0. The fourth-order valence-electron chi connectivity index (χ4n) is 2.64. The predicted octanol–water partition coefficient (Wildman–Crippen LogP) is 2.71. The molecule has 4 nitrogen and oxygen atoms in total. The van der Waals surface area contributed by atoms with Crippen molar-refractivity contribution in [1.29, 1.82) is 0 Å². The van der Waals surface area contributed by atoms with Gasteiger partial charge in [-0.25, -0.2) is 4.79 Å². The van der Waals surface area contributed by atoms with Crippen LogP contribution in [0.1, 0.15) is 12.8 Å². The summed E-state index contributed by atoms with van der Waals surface area (Å²) in [6.07, 6.45) is 1.98. The maximum atomic E-state index is 12.1. The van der Waals surface area contributed by atoms with E-state index >= 15 is 0 Å². The van der Waals surface area contributed by atoms with Gasteiger partial charge in [0.25, 0.3) is 0 Å². The minimum absolute atomic E-state index is 0.117. The molecule has 4 heteroatoms. The first kappa shape index (κ1) is 12.9. The van der Waals surface area contributed by atoms with E-state index in [0.29, 0.717) is 0 Å². The van der Waals surface area contributed by atoms with Gasteiger partial charge in [-0.15, -0.1) is 0 Å². The van der Waals surface area contributed by atoms with E-state index in [1.54, 1.807) is 0 Å². The van der Waals surface area contributed by atoms with Crippen LogP contribution in [0.4, 0.5) is 10.5 Å². The van der Waals surface area contributed by atoms with Crippen LogP contribution in [0.3, 0.4) is 0 Å². The summed E-state index contributed by atoms with van der Waals surface area (Å²) in [5.41, 5.74) is 0.856. The monoisotopic (exact) mass is 269 g/mol. The molecule has 1 heterocycles. The number of piperidine rings is 1. The Labute approximate surface area is 118 Å². The van der Waals surface area contributed by atoms with Crippen molar-refractivity contribution in [3.8, 4) is 0 Å². The summed E-state index contributed by atoms with van der Waals surface area (Å²) in [6.45, 7) is 1.94. The standard InChI is InChI=1S/C16H19N3O/c20-16(18-13-8-10-17-11-9-13)19-15-7-3-5-12-4-1-2-6-14(12)15/h1-7,13,17H,8-11H2,(H2,18,19,20). The molecule has 0 radical (unpaired) electrons. The first-order valence-corrected chi connectivity index (χ1v) is 7.09. The van der Waals surface area contributed by atoms with Crippen LogP contribution in [0.5, 0.6) is 0 Å². The smallest absolute Gasteiger partial charge is 0.319 e. The molecular weight excluding hydrogens is 250 g/mol. The van der Waals surface area contributed by atoms with E-state index in [9.17, 15) is 4.79 Å². The summed E-state index contributed by atoms with van der Waals surface area (Å²) in [5, 5.41) is 11.5. The van der Waals surface area contributed by atoms with Gasteiger partial charge in [0.2, 0.25) is 0 Å². The topological polar surface area (TPSA) is 53.2 Å². The second-order valence-electron chi connectivity index (χ2n) is 5.15. The van der Waals surface area contributed by atoms with Gasteiger partial charge in [0, 0.05) is 11.4 Å². The minimum Gasteiger partial charge on any atom is -0.335 e. The second kappa shape index (κ2) is 5.92. The van der Waals surface area contributed by atoms with E-state index in [1.807, 2.05) is 42.5 Å². The summed E-state index contributed by atoms with van der Waals surface area (Å²) < 4.78 is 0. The molecule has 0 bridgehead atoms. The first-order chi connectivity index (χ1) is 9.83. The lowest BCUT2D eigenvalue weighted by Gasteiger charge is -2.23. The van der Waals surface area contributed by atoms with Crippen molar-refractivity contribution in [2.24, 2.45) is 0 Å². The van der Waals surface area contributed by atoms with E-state index < -0.39 is 0 Å². The summed E-state index contributed by atoms with van der Waals surface area (Å²) >= 11 is 0. The lowest BCUT2D eigenvalue weighted by atomic mass is 10.1. The van der Waals surface area contributed by atoms with E-state index in [1.165, 1.54) is 0 Å². The Kier molecular flexibility index (Phi) is 3.83. The van der Waals surface area contributed by atoms with Gasteiger partial charge in [-0.1, -0.05) is 36.4 Å². The predicted molar refractivity (Wildman–Crippen MR) is 82.0 cm³/mol. The molecule has 0 spiro atoms. The highest BCUT2D eigenvalue weighted by molar-refractivity contribution is 6.01. The van der Waals surface area contributed by atoms with E-state index in [4.69, 9.17) is 0 Å². The Morgan fingerprint density at radius 2 is 1.80 bits per heavy atom. The highest BCUT2D eigenvalue weighted by Gasteiger charge is 2.15. The molecule has 1 fully saturated rings. The molecule has 2 aromatic carbocycles. The molecule has 2 amide bonds. The van der Waals surface area contributed by atoms with Crippen molar-refractivity contribution in [1.82, 2.24) is 10.6 Å². The zero-order valence-electron chi connectivity index (χ0n) is 11.4. The van der Waals surface area contributed by atoms with Crippen LogP contribution in [-0.4, -0.2) is 25.2 Å². The van der Waals surface area contributed by atoms with Crippen LogP contribution in [0.2, 0.25) is 0 Å². The number of hydrogen-bond donors (Lipinski definition) is 3. The van der Waals surface area contributed by atoms with E-state index in [0.717, 1.165) is 42.4 Å². The third kappa shape index (κ3) is 2.91. The van der Waals surface area contributed by atoms with Gasteiger partial charge in [0.1, 0.15) is 0 Å². The van der Waals surface area contributed by atoms with Gasteiger partial charge in [-0.05, 0) is 37.4 Å². The molecule has 0 saturated carbocycles. The fourth-order valence-corrected chi connectivity index (χ4v) is 2.64. The number of anilines is 1. The van der Waals surface area contributed by atoms with Crippen molar-refractivity contribution in [2.75, 3.05) is 18.4 Å². The lowest BCUT2D eigenvalue weighted by Crippen LogP contribution is -2.44. The maximum absolute atomic E-state index is 12.1. The van der Waals surface area contributed by atoms with Gasteiger partial charge >= 0.3 is 6.03 Å². The highest BCUT2D eigenvalue weighted by atomic mass is 16.2. The Hall–Kier alpha value is -2.07. The van der Waals surface area contributed by atoms with Crippen LogP contribution in [-0.2, 0) is 0 Å². The minimum atomic E-state index is -0.117. The van der Waals surface area contributed by atoms with Crippen LogP contribution in [0.15, 0.2) is 42.5 Å². The zero-order chi connectivity index (χ0) is 13.8. The molecule has 0 aromatic heterocycles. The van der Waals surface area contributed by atoms with E-state index in [2.05, 4.69) is 16.0 Å². The van der Waals surface area contributed by atoms with Crippen molar-refractivity contribution in [3.63, 3.8) is 0 Å². The van der Waals surface area contributed by atoms with Gasteiger partial charge in [0.15, 0.2) is 0 Å². The quantitative estimate of drug-likeness (QED) is 0.785. The van der Waals surface area contributed by atoms with Crippen molar-refractivity contribution < 1.29 is 4.79 Å². The second-order valence-corrected chi connectivity index (χ2v) is 5.15. The van der Waals surface area contributed by atoms with Gasteiger partial charge in [0.05, 0.1) is 5.69 Å². The number of urea groups is 1. The van der Waals surface area contributed by atoms with Gasteiger partial charge in [-0.2, -0.15) is 0 Å². The van der Waals surface area contributed by atoms with Crippen molar-refractivity contribution >= 4 is 22.5 Å². The molecule has 1 aliphatic heterocycles. The third-order valence-corrected chi connectivity index (χ3v) is 3.71. The number of nitrogens with one attached hydrogen (secondary N) is 3. The van der Waals surface area contributed by atoms with Crippen LogP contribution in [0.25, 0.3) is 10.8 Å². The number of carbonyl (C=O) groups excluding carboxylic acids is 1. The zero-order valence-corrected chi connectivity index (χ0v) is 11.4. The van der Waals surface area contributed by atoms with E-state index in [-0.39, 0.29) is 12.1 Å². The Morgan fingerprint density at radius 3 is 2.65 bits per heavy atom. The molecule has 2 aromatic rings. The SMILES string of the molecule is O=C(Nc1cccc2ccccc12)NC1CCNCC1. The fraction of sp³-hybridized carbons (Fsp3) is 0.312. The van der Waals surface area contributed by atoms with Gasteiger partial charge < -0.3 is 16.0 Å². The van der Waals surface area contributed by atoms with Gasteiger partial charge in [-0.3, -0.25) is 0 Å². The number of rotatable bonds is 2. The number of benzene rings is 2. The summed E-state index contributed by atoms with van der Waals surface area (Å²) in [6, 6.07) is 14.2. The summed E-state index contributed by atoms with van der Waals surface area (Å²) in [7, 11) is 0. The lowest BCUT2D eigenvalue weighted by molar-refractivity contribution is 0.245. The third-order valence-electron chi connectivity index (χ3n) is 3.71. The average Bonchev–Trinajstić information content (AvgIpc) is 2.48. The normalized spacial score (nSPS) is 16.0. The molecule has 3 rings (SSSR count). The Morgan fingerprint density at radius 1 is 1.05 bits per heavy atom. The van der Waals surface area contributed by atoms with Crippen molar-refractivity contribution in [2.45, 2.75) is 18.9 Å². The molecular formula is C16H19N3O. The molecule has 0 unspecified atom stereocenters. The molecule has 20 heavy (non-hydrogen) atoms.